The summed E-state index contributed by atoms with van der Waals surface area (Å²) in [6, 6.07) is 0.124. The summed E-state index contributed by atoms with van der Waals surface area (Å²) < 4.78 is 11.0. The van der Waals surface area contributed by atoms with E-state index in [0.717, 1.165) is 12.8 Å². The van der Waals surface area contributed by atoms with Crippen LogP contribution in [0.5, 0.6) is 0 Å². The number of nitrogens with two attached hydrogens (primary N) is 1. The van der Waals surface area contributed by atoms with Crippen molar-refractivity contribution in [3.8, 4) is 0 Å². The van der Waals surface area contributed by atoms with Gasteiger partial charge in [-0.05, 0) is 33.6 Å². The zero-order chi connectivity index (χ0) is 10.8. The van der Waals surface area contributed by atoms with E-state index in [1.807, 2.05) is 6.92 Å². The molecule has 3 N–H and O–H groups in total. The Bertz CT molecular complexity index is 179. The summed E-state index contributed by atoms with van der Waals surface area (Å²) in [5.74, 6) is -1.11. The number of ether oxygens (including phenoxy) is 2. The molecular formula is C10H21NO3. The lowest BCUT2D eigenvalue weighted by molar-refractivity contribution is -0.223. The van der Waals surface area contributed by atoms with Crippen molar-refractivity contribution in [1.82, 2.24) is 0 Å². The Labute approximate surface area is 85.4 Å². The van der Waals surface area contributed by atoms with Crippen LogP contribution in [0.15, 0.2) is 0 Å². The van der Waals surface area contributed by atoms with Crippen molar-refractivity contribution >= 4 is 0 Å². The van der Waals surface area contributed by atoms with Crippen LogP contribution in [-0.4, -0.2) is 35.8 Å². The fourth-order valence-corrected chi connectivity index (χ4v) is 1.88. The average molecular weight is 203 g/mol. The van der Waals surface area contributed by atoms with E-state index in [1.54, 1.807) is 13.8 Å². The Morgan fingerprint density at radius 2 is 1.93 bits per heavy atom. The van der Waals surface area contributed by atoms with E-state index in [9.17, 15) is 5.11 Å². The lowest BCUT2D eigenvalue weighted by Crippen LogP contribution is -2.35. The van der Waals surface area contributed by atoms with Crippen LogP contribution in [-0.2, 0) is 9.47 Å². The molecule has 1 saturated carbocycles. The molecule has 0 heterocycles. The highest BCUT2D eigenvalue weighted by Gasteiger charge is 2.36. The minimum Gasteiger partial charge on any atom is -0.376 e. The van der Waals surface area contributed by atoms with E-state index < -0.39 is 5.79 Å². The molecule has 0 bridgehead atoms. The standard InChI is InChI=1S/C10H21NO3/c1-4-13-8-5-7(11)6-9(8)14-10(2,3)12/h7-9,12H,4-6,11H2,1-3H3/t7-,8+,9+/m1/s1. The highest BCUT2D eigenvalue weighted by molar-refractivity contribution is 4.88. The first-order valence-corrected chi connectivity index (χ1v) is 5.19. The van der Waals surface area contributed by atoms with E-state index in [2.05, 4.69) is 0 Å². The van der Waals surface area contributed by atoms with Crippen molar-refractivity contribution < 1.29 is 14.6 Å². The topological polar surface area (TPSA) is 64.7 Å². The predicted molar refractivity (Wildman–Crippen MR) is 53.8 cm³/mol. The normalized spacial score (nSPS) is 33.6. The Hall–Kier alpha value is -0.160. The van der Waals surface area contributed by atoms with Gasteiger partial charge in [-0.15, -0.1) is 0 Å². The van der Waals surface area contributed by atoms with E-state index in [4.69, 9.17) is 15.2 Å². The van der Waals surface area contributed by atoms with E-state index in [0.29, 0.717) is 6.61 Å². The third kappa shape index (κ3) is 3.53. The van der Waals surface area contributed by atoms with Gasteiger partial charge in [0.1, 0.15) is 0 Å². The molecule has 1 aliphatic carbocycles. The number of aliphatic hydroxyl groups is 1. The molecule has 4 heteroatoms. The molecule has 0 amide bonds. The number of hydrogen-bond donors (Lipinski definition) is 2. The van der Waals surface area contributed by atoms with Gasteiger partial charge in [-0.25, -0.2) is 0 Å². The molecule has 0 unspecified atom stereocenters. The molecule has 14 heavy (non-hydrogen) atoms. The summed E-state index contributed by atoms with van der Waals surface area (Å²) in [5, 5.41) is 9.53. The first-order chi connectivity index (χ1) is 6.42. The summed E-state index contributed by atoms with van der Waals surface area (Å²) in [7, 11) is 0. The van der Waals surface area contributed by atoms with Gasteiger partial charge in [0.05, 0.1) is 12.2 Å². The zero-order valence-electron chi connectivity index (χ0n) is 9.19. The van der Waals surface area contributed by atoms with Crippen molar-refractivity contribution in [3.05, 3.63) is 0 Å². The van der Waals surface area contributed by atoms with Crippen LogP contribution in [0.2, 0.25) is 0 Å². The highest BCUT2D eigenvalue weighted by Crippen LogP contribution is 2.27. The molecule has 4 nitrogen and oxygen atoms in total. The van der Waals surface area contributed by atoms with Crippen LogP contribution in [0, 0.1) is 0 Å². The van der Waals surface area contributed by atoms with Gasteiger partial charge < -0.3 is 20.3 Å². The van der Waals surface area contributed by atoms with Gasteiger partial charge in [-0.1, -0.05) is 0 Å². The SMILES string of the molecule is CCO[C@H]1C[C@@H](N)C[C@@H]1OC(C)(C)O. The summed E-state index contributed by atoms with van der Waals surface area (Å²) in [6.45, 7) is 5.85. The number of rotatable bonds is 4. The van der Waals surface area contributed by atoms with Gasteiger partial charge in [0.15, 0.2) is 5.79 Å². The summed E-state index contributed by atoms with van der Waals surface area (Å²) in [6.07, 6.45) is 1.52. The van der Waals surface area contributed by atoms with Crippen molar-refractivity contribution in [1.29, 1.82) is 0 Å². The molecule has 84 valence electrons. The average Bonchev–Trinajstić information content (AvgIpc) is 2.28. The van der Waals surface area contributed by atoms with Gasteiger partial charge in [0, 0.05) is 12.6 Å². The summed E-state index contributed by atoms with van der Waals surface area (Å²) in [4.78, 5) is 0. The largest absolute Gasteiger partial charge is 0.376 e. The van der Waals surface area contributed by atoms with Crippen LogP contribution in [0.4, 0.5) is 0 Å². The molecule has 0 spiro atoms. The van der Waals surface area contributed by atoms with Crippen LogP contribution < -0.4 is 5.73 Å². The van der Waals surface area contributed by atoms with Gasteiger partial charge >= 0.3 is 0 Å². The fourth-order valence-electron chi connectivity index (χ4n) is 1.88. The molecule has 0 aromatic heterocycles. The molecule has 0 aliphatic heterocycles. The van der Waals surface area contributed by atoms with E-state index in [1.165, 1.54) is 0 Å². The third-order valence-electron chi connectivity index (χ3n) is 2.31. The fraction of sp³-hybridized carbons (Fsp3) is 1.00. The predicted octanol–water partition coefficient (Wildman–Crippen LogP) is 0.626. The van der Waals surface area contributed by atoms with Gasteiger partial charge in [-0.3, -0.25) is 0 Å². The Morgan fingerprint density at radius 1 is 1.36 bits per heavy atom. The van der Waals surface area contributed by atoms with Crippen molar-refractivity contribution in [3.63, 3.8) is 0 Å². The van der Waals surface area contributed by atoms with Crippen LogP contribution in [0.3, 0.4) is 0 Å². The highest BCUT2D eigenvalue weighted by atomic mass is 16.6. The van der Waals surface area contributed by atoms with Crippen LogP contribution in [0.1, 0.15) is 33.6 Å². The third-order valence-corrected chi connectivity index (χ3v) is 2.31. The maximum absolute atomic E-state index is 9.53. The minimum absolute atomic E-state index is 0.0291. The van der Waals surface area contributed by atoms with Crippen molar-refractivity contribution in [2.45, 2.75) is 57.6 Å². The minimum atomic E-state index is -1.11. The van der Waals surface area contributed by atoms with Gasteiger partial charge in [0.2, 0.25) is 0 Å². The van der Waals surface area contributed by atoms with Gasteiger partial charge in [-0.2, -0.15) is 0 Å². The summed E-state index contributed by atoms with van der Waals surface area (Å²) >= 11 is 0. The maximum Gasteiger partial charge on any atom is 0.160 e. The second kappa shape index (κ2) is 4.57. The Morgan fingerprint density at radius 3 is 2.43 bits per heavy atom. The molecule has 0 aromatic rings. The molecule has 3 atom stereocenters. The zero-order valence-corrected chi connectivity index (χ0v) is 9.19. The molecule has 1 rings (SSSR count). The molecule has 1 fully saturated rings. The van der Waals surface area contributed by atoms with E-state index in [-0.39, 0.29) is 18.2 Å². The first kappa shape index (κ1) is 11.9. The molecule has 0 aromatic carbocycles. The lowest BCUT2D eigenvalue weighted by Gasteiger charge is -2.27. The lowest BCUT2D eigenvalue weighted by atomic mass is 10.2. The number of hydrogen-bond acceptors (Lipinski definition) is 4. The quantitative estimate of drug-likeness (QED) is 0.658. The molecular weight excluding hydrogens is 182 g/mol. The maximum atomic E-state index is 9.53. The second-order valence-electron chi connectivity index (χ2n) is 4.33. The smallest absolute Gasteiger partial charge is 0.160 e. The Balaban J connectivity index is 2.49. The molecule has 0 saturated heterocycles. The summed E-state index contributed by atoms with van der Waals surface area (Å²) in [5.41, 5.74) is 5.82. The van der Waals surface area contributed by atoms with Crippen molar-refractivity contribution in [2.24, 2.45) is 5.73 Å². The monoisotopic (exact) mass is 203 g/mol. The van der Waals surface area contributed by atoms with Crippen LogP contribution in [0.25, 0.3) is 0 Å². The second-order valence-corrected chi connectivity index (χ2v) is 4.33. The van der Waals surface area contributed by atoms with Crippen molar-refractivity contribution in [2.75, 3.05) is 6.61 Å². The van der Waals surface area contributed by atoms with Crippen LogP contribution >= 0.6 is 0 Å². The Kier molecular flexibility index (Phi) is 3.89. The molecule has 0 radical (unpaired) electrons. The molecule has 1 aliphatic rings. The van der Waals surface area contributed by atoms with E-state index >= 15 is 0 Å². The van der Waals surface area contributed by atoms with Gasteiger partial charge in [0.25, 0.3) is 0 Å². The first-order valence-electron chi connectivity index (χ1n) is 5.19.